The Balaban J connectivity index is 1.65. The molecule has 21 heavy (non-hydrogen) atoms. The second-order valence-corrected chi connectivity index (χ2v) is 6.48. The van der Waals surface area contributed by atoms with Gasteiger partial charge in [-0.25, -0.2) is 0 Å². The first-order chi connectivity index (χ1) is 10.1. The molecule has 2 aliphatic rings. The smallest absolute Gasteiger partial charge is 0.179 e. The molecular formula is C16H23ClN2O2. The molecule has 2 aliphatic heterocycles. The minimum Gasteiger partial charge on any atom is -0.486 e. The second kappa shape index (κ2) is 6.42. The fourth-order valence-corrected chi connectivity index (χ4v) is 3.44. The van der Waals surface area contributed by atoms with Gasteiger partial charge in [0, 0.05) is 12.6 Å². The van der Waals surface area contributed by atoms with Crippen molar-refractivity contribution in [1.29, 1.82) is 0 Å². The molecule has 116 valence electrons. The molecule has 0 saturated carbocycles. The molecule has 2 N–H and O–H groups in total. The van der Waals surface area contributed by atoms with Gasteiger partial charge >= 0.3 is 0 Å². The van der Waals surface area contributed by atoms with E-state index in [-0.39, 0.29) is 0 Å². The lowest BCUT2D eigenvalue weighted by molar-refractivity contribution is 0.162. The van der Waals surface area contributed by atoms with Crippen LogP contribution in [0.5, 0.6) is 11.5 Å². The van der Waals surface area contributed by atoms with Gasteiger partial charge in [-0.1, -0.05) is 11.6 Å². The fourth-order valence-electron chi connectivity index (χ4n) is 3.15. The summed E-state index contributed by atoms with van der Waals surface area (Å²) in [7, 11) is 0. The van der Waals surface area contributed by atoms with E-state index < -0.39 is 0 Å². The first kappa shape index (κ1) is 14.9. The second-order valence-electron chi connectivity index (χ2n) is 6.07. The molecule has 3 rings (SSSR count). The zero-order valence-corrected chi connectivity index (χ0v) is 13.2. The van der Waals surface area contributed by atoms with Crippen molar-refractivity contribution in [3.05, 3.63) is 22.7 Å². The van der Waals surface area contributed by atoms with Crippen LogP contribution in [-0.4, -0.2) is 37.2 Å². The van der Waals surface area contributed by atoms with Gasteiger partial charge in [-0.05, 0) is 56.5 Å². The highest BCUT2D eigenvalue weighted by Gasteiger charge is 2.23. The zero-order valence-electron chi connectivity index (χ0n) is 12.5. The number of hydrogen-bond acceptors (Lipinski definition) is 4. The maximum atomic E-state index is 6.29. The van der Waals surface area contributed by atoms with Crippen LogP contribution in [0.25, 0.3) is 0 Å². The molecule has 0 bridgehead atoms. The average Bonchev–Trinajstić information content (AvgIpc) is 2.48. The van der Waals surface area contributed by atoms with Crippen LogP contribution in [0.3, 0.4) is 0 Å². The third-order valence-corrected chi connectivity index (χ3v) is 4.72. The van der Waals surface area contributed by atoms with Crippen molar-refractivity contribution in [3.63, 3.8) is 0 Å². The lowest BCUT2D eigenvalue weighted by atomic mass is 9.91. The highest BCUT2D eigenvalue weighted by atomic mass is 35.5. The summed E-state index contributed by atoms with van der Waals surface area (Å²) in [5.41, 5.74) is 7.18. The van der Waals surface area contributed by atoms with Crippen LogP contribution in [0.1, 0.15) is 25.3 Å². The van der Waals surface area contributed by atoms with Crippen LogP contribution in [-0.2, 0) is 6.54 Å². The predicted molar refractivity (Wildman–Crippen MR) is 84.1 cm³/mol. The van der Waals surface area contributed by atoms with Gasteiger partial charge in [-0.2, -0.15) is 0 Å². The lowest BCUT2D eigenvalue weighted by Gasteiger charge is -2.33. The van der Waals surface area contributed by atoms with E-state index in [2.05, 4.69) is 17.9 Å². The minimum absolute atomic E-state index is 0.302. The largest absolute Gasteiger partial charge is 0.486 e. The molecule has 5 heteroatoms. The summed E-state index contributed by atoms with van der Waals surface area (Å²) in [5, 5.41) is 0.646. The quantitative estimate of drug-likeness (QED) is 0.932. The van der Waals surface area contributed by atoms with E-state index >= 15 is 0 Å². The van der Waals surface area contributed by atoms with Gasteiger partial charge in [0.05, 0.1) is 5.02 Å². The molecule has 1 saturated heterocycles. The summed E-state index contributed by atoms with van der Waals surface area (Å²) >= 11 is 6.29. The summed E-state index contributed by atoms with van der Waals surface area (Å²) in [6.07, 6.45) is 2.35. The number of hydrogen-bond donors (Lipinski definition) is 1. The zero-order chi connectivity index (χ0) is 14.8. The van der Waals surface area contributed by atoms with Gasteiger partial charge in [-0.3, -0.25) is 4.90 Å². The number of halogens is 1. The van der Waals surface area contributed by atoms with Crippen molar-refractivity contribution in [3.8, 4) is 11.5 Å². The molecule has 1 aromatic carbocycles. The van der Waals surface area contributed by atoms with Gasteiger partial charge in [0.1, 0.15) is 13.2 Å². The molecule has 1 unspecified atom stereocenters. The van der Waals surface area contributed by atoms with Gasteiger partial charge in [0.15, 0.2) is 11.5 Å². The molecule has 0 spiro atoms. The van der Waals surface area contributed by atoms with E-state index in [0.29, 0.717) is 35.9 Å². The van der Waals surface area contributed by atoms with Gasteiger partial charge in [-0.15, -0.1) is 0 Å². The number of fused-ring (bicyclic) bond motifs is 1. The van der Waals surface area contributed by atoms with E-state index in [1.165, 1.54) is 18.4 Å². The summed E-state index contributed by atoms with van der Waals surface area (Å²) in [4.78, 5) is 2.46. The van der Waals surface area contributed by atoms with Gasteiger partial charge in [0.2, 0.25) is 0 Å². The van der Waals surface area contributed by atoms with E-state index in [0.717, 1.165) is 25.4 Å². The normalized spacial score (nSPS) is 21.3. The molecule has 0 radical (unpaired) electrons. The molecule has 1 fully saturated rings. The van der Waals surface area contributed by atoms with Crippen LogP contribution in [0, 0.1) is 5.92 Å². The Morgan fingerprint density at radius 3 is 2.71 bits per heavy atom. The minimum atomic E-state index is 0.302. The summed E-state index contributed by atoms with van der Waals surface area (Å²) in [6.45, 7) is 6.36. The monoisotopic (exact) mass is 310 g/mol. The Bertz CT molecular complexity index is 499. The molecule has 0 aromatic heterocycles. The first-order valence-electron chi connectivity index (χ1n) is 7.69. The van der Waals surface area contributed by atoms with Crippen LogP contribution in [0.2, 0.25) is 5.02 Å². The van der Waals surface area contributed by atoms with Gasteiger partial charge < -0.3 is 15.2 Å². The average molecular weight is 311 g/mol. The molecule has 0 aliphatic carbocycles. The molecule has 2 heterocycles. The highest BCUT2D eigenvalue weighted by molar-refractivity contribution is 6.32. The maximum Gasteiger partial charge on any atom is 0.179 e. The fraction of sp³-hybridized carbons (Fsp3) is 0.625. The van der Waals surface area contributed by atoms with Crippen molar-refractivity contribution in [2.24, 2.45) is 11.7 Å². The van der Waals surface area contributed by atoms with Crippen LogP contribution >= 0.6 is 11.6 Å². The Kier molecular flexibility index (Phi) is 4.57. The molecule has 1 aromatic rings. The SMILES string of the molecule is CC(N)C1CCN(Cc2cc(Cl)c3c(c2)OCCO3)CC1. The Labute approximate surface area is 131 Å². The van der Waals surface area contributed by atoms with Gasteiger partial charge in [0.25, 0.3) is 0 Å². The number of nitrogens with two attached hydrogens (primary N) is 1. The number of piperidine rings is 1. The molecular weight excluding hydrogens is 288 g/mol. The highest BCUT2D eigenvalue weighted by Crippen LogP contribution is 2.38. The Morgan fingerprint density at radius 1 is 1.29 bits per heavy atom. The third kappa shape index (κ3) is 3.44. The lowest BCUT2D eigenvalue weighted by Crippen LogP contribution is -2.39. The molecule has 4 nitrogen and oxygen atoms in total. The van der Waals surface area contributed by atoms with Crippen molar-refractivity contribution >= 4 is 11.6 Å². The number of rotatable bonds is 3. The number of ether oxygens (including phenoxy) is 2. The Morgan fingerprint density at radius 2 is 2.00 bits per heavy atom. The Hall–Kier alpha value is -0.970. The first-order valence-corrected chi connectivity index (χ1v) is 8.07. The molecule has 0 amide bonds. The number of likely N-dealkylation sites (tertiary alicyclic amines) is 1. The third-order valence-electron chi connectivity index (χ3n) is 4.44. The van der Waals surface area contributed by atoms with Crippen LogP contribution in [0.15, 0.2) is 12.1 Å². The van der Waals surface area contributed by atoms with Crippen molar-refractivity contribution in [2.45, 2.75) is 32.4 Å². The van der Waals surface area contributed by atoms with Crippen molar-refractivity contribution in [1.82, 2.24) is 4.90 Å². The summed E-state index contributed by atoms with van der Waals surface area (Å²) < 4.78 is 11.2. The maximum absolute atomic E-state index is 6.29. The standard InChI is InChI=1S/C16H23ClN2O2/c1-11(18)13-2-4-19(5-3-13)10-12-8-14(17)16-15(9-12)20-6-7-21-16/h8-9,11,13H,2-7,10,18H2,1H3. The molecule has 1 atom stereocenters. The van der Waals surface area contributed by atoms with E-state index in [1.54, 1.807) is 0 Å². The number of benzene rings is 1. The summed E-state index contributed by atoms with van der Waals surface area (Å²) in [6, 6.07) is 4.35. The van der Waals surface area contributed by atoms with Crippen LogP contribution in [0.4, 0.5) is 0 Å². The van der Waals surface area contributed by atoms with E-state index in [9.17, 15) is 0 Å². The topological polar surface area (TPSA) is 47.7 Å². The number of nitrogens with zero attached hydrogens (tertiary/aromatic N) is 1. The predicted octanol–water partition coefficient (Wildman–Crippen LogP) is 2.67. The van der Waals surface area contributed by atoms with Crippen LogP contribution < -0.4 is 15.2 Å². The van der Waals surface area contributed by atoms with E-state index in [1.807, 2.05) is 6.07 Å². The van der Waals surface area contributed by atoms with E-state index in [4.69, 9.17) is 26.8 Å². The van der Waals surface area contributed by atoms with Crippen molar-refractivity contribution in [2.75, 3.05) is 26.3 Å². The van der Waals surface area contributed by atoms with Crippen molar-refractivity contribution < 1.29 is 9.47 Å². The summed E-state index contributed by atoms with van der Waals surface area (Å²) in [5.74, 6) is 2.11.